The van der Waals surface area contributed by atoms with Crippen molar-refractivity contribution in [2.75, 3.05) is 17.2 Å². The van der Waals surface area contributed by atoms with E-state index < -0.39 is 12.5 Å². The van der Waals surface area contributed by atoms with Gasteiger partial charge in [-0.3, -0.25) is 9.48 Å². The number of carbonyl (C=O) groups is 1. The Hall–Kier alpha value is -2.64. The lowest BCUT2D eigenvalue weighted by Gasteiger charge is -2.09. The Labute approximate surface area is 143 Å². The van der Waals surface area contributed by atoms with Crippen molar-refractivity contribution in [3.05, 3.63) is 53.5 Å². The van der Waals surface area contributed by atoms with Gasteiger partial charge in [0.15, 0.2) is 0 Å². The maximum atomic E-state index is 11.3. The molecule has 0 aliphatic rings. The Bertz CT molecular complexity index is 827. The molecule has 1 amide bonds. The van der Waals surface area contributed by atoms with E-state index in [1.165, 1.54) is 0 Å². The number of aryl methyl sites for hydroxylation is 1. The first-order valence-corrected chi connectivity index (χ1v) is 8.34. The van der Waals surface area contributed by atoms with E-state index in [9.17, 15) is 4.79 Å². The fourth-order valence-corrected chi connectivity index (χ4v) is 3.14. The third-order valence-electron chi connectivity index (χ3n) is 3.43. The highest BCUT2D eigenvalue weighted by Crippen LogP contribution is 2.27. The van der Waals surface area contributed by atoms with E-state index in [0.717, 1.165) is 21.8 Å². The van der Waals surface area contributed by atoms with E-state index in [0.29, 0.717) is 12.2 Å². The fourth-order valence-electron chi connectivity index (χ4n) is 2.39. The highest BCUT2D eigenvalue weighted by Gasteiger charge is 2.11. The van der Waals surface area contributed by atoms with Crippen LogP contribution in [0.25, 0.3) is 10.6 Å². The van der Waals surface area contributed by atoms with Crippen molar-refractivity contribution in [2.45, 2.75) is 6.54 Å². The summed E-state index contributed by atoms with van der Waals surface area (Å²) < 4.78 is 1.81. The van der Waals surface area contributed by atoms with Crippen molar-refractivity contribution in [1.82, 2.24) is 9.78 Å². The Kier molecular flexibility index (Phi) is 4.93. The SMILES string of the molecule is Cn1cc(CNc2cccc(NC(=O)CO)c2)c(-c2cccs2)n1. The van der Waals surface area contributed by atoms with E-state index >= 15 is 0 Å². The molecule has 3 aromatic rings. The van der Waals surface area contributed by atoms with Crippen LogP contribution in [0.3, 0.4) is 0 Å². The van der Waals surface area contributed by atoms with Gasteiger partial charge in [0.05, 0.1) is 4.88 Å². The van der Waals surface area contributed by atoms with Crippen LogP contribution in [0.2, 0.25) is 0 Å². The molecule has 7 heteroatoms. The molecule has 3 rings (SSSR count). The molecule has 0 bridgehead atoms. The van der Waals surface area contributed by atoms with Crippen LogP contribution in [0.4, 0.5) is 11.4 Å². The topological polar surface area (TPSA) is 79.2 Å². The average molecular weight is 342 g/mol. The van der Waals surface area contributed by atoms with Gasteiger partial charge in [-0.25, -0.2) is 0 Å². The van der Waals surface area contributed by atoms with Gasteiger partial charge in [-0.2, -0.15) is 5.10 Å². The zero-order chi connectivity index (χ0) is 16.9. The number of hydrogen-bond acceptors (Lipinski definition) is 5. The summed E-state index contributed by atoms with van der Waals surface area (Å²) in [6, 6.07) is 11.4. The molecule has 0 unspecified atom stereocenters. The molecule has 0 fully saturated rings. The Morgan fingerprint density at radius 2 is 2.12 bits per heavy atom. The number of aliphatic hydroxyl groups excluding tert-OH is 1. The van der Waals surface area contributed by atoms with Crippen LogP contribution in [-0.2, 0) is 18.4 Å². The Morgan fingerprint density at radius 3 is 2.88 bits per heavy atom. The summed E-state index contributed by atoms with van der Waals surface area (Å²) in [5, 5.41) is 21.3. The number of thiophene rings is 1. The second-order valence-electron chi connectivity index (χ2n) is 5.29. The van der Waals surface area contributed by atoms with Gasteiger partial charge in [0.25, 0.3) is 0 Å². The number of nitrogens with zero attached hydrogens (tertiary/aromatic N) is 2. The summed E-state index contributed by atoms with van der Waals surface area (Å²) in [5.41, 5.74) is 3.60. The Balaban J connectivity index is 1.73. The number of hydrogen-bond donors (Lipinski definition) is 3. The first kappa shape index (κ1) is 16.2. The number of benzene rings is 1. The van der Waals surface area contributed by atoms with Crippen molar-refractivity contribution in [2.24, 2.45) is 7.05 Å². The summed E-state index contributed by atoms with van der Waals surface area (Å²) in [4.78, 5) is 12.4. The maximum absolute atomic E-state index is 11.3. The number of rotatable bonds is 6. The van der Waals surface area contributed by atoms with Crippen LogP contribution in [0, 0.1) is 0 Å². The Morgan fingerprint density at radius 1 is 1.29 bits per heavy atom. The minimum atomic E-state index is -0.530. The lowest BCUT2D eigenvalue weighted by atomic mass is 10.2. The molecular formula is C17H18N4O2S. The van der Waals surface area contributed by atoms with Crippen molar-refractivity contribution < 1.29 is 9.90 Å². The van der Waals surface area contributed by atoms with Gasteiger partial charge in [0, 0.05) is 36.7 Å². The zero-order valence-corrected chi connectivity index (χ0v) is 14.0. The highest BCUT2D eigenvalue weighted by molar-refractivity contribution is 7.13. The summed E-state index contributed by atoms with van der Waals surface area (Å²) in [6.07, 6.45) is 2.00. The fraction of sp³-hybridized carbons (Fsp3) is 0.176. The van der Waals surface area contributed by atoms with E-state index in [1.54, 1.807) is 17.4 Å². The largest absolute Gasteiger partial charge is 0.387 e. The lowest BCUT2D eigenvalue weighted by Crippen LogP contribution is -2.15. The summed E-state index contributed by atoms with van der Waals surface area (Å²) >= 11 is 1.66. The molecular weight excluding hydrogens is 324 g/mol. The van der Waals surface area contributed by atoms with Gasteiger partial charge in [0.1, 0.15) is 12.3 Å². The van der Waals surface area contributed by atoms with E-state index in [1.807, 2.05) is 47.6 Å². The summed E-state index contributed by atoms with van der Waals surface area (Å²) in [7, 11) is 1.91. The van der Waals surface area contributed by atoms with Gasteiger partial charge < -0.3 is 15.7 Å². The predicted octanol–water partition coefficient (Wildman–Crippen LogP) is 2.69. The quantitative estimate of drug-likeness (QED) is 0.643. The molecule has 0 radical (unpaired) electrons. The predicted molar refractivity (Wildman–Crippen MR) is 96.0 cm³/mol. The number of anilines is 2. The molecule has 0 saturated heterocycles. The third kappa shape index (κ3) is 3.81. The highest BCUT2D eigenvalue weighted by atomic mass is 32.1. The molecule has 24 heavy (non-hydrogen) atoms. The van der Waals surface area contributed by atoms with Crippen molar-refractivity contribution >= 4 is 28.6 Å². The number of aliphatic hydroxyl groups is 1. The van der Waals surface area contributed by atoms with Gasteiger partial charge >= 0.3 is 0 Å². The first-order chi connectivity index (χ1) is 11.7. The molecule has 0 atom stereocenters. The van der Waals surface area contributed by atoms with Gasteiger partial charge in [-0.15, -0.1) is 11.3 Å². The van der Waals surface area contributed by atoms with Crippen LogP contribution < -0.4 is 10.6 Å². The van der Waals surface area contributed by atoms with Crippen LogP contribution in [0.15, 0.2) is 48.0 Å². The third-order valence-corrected chi connectivity index (χ3v) is 4.31. The molecule has 0 aliphatic carbocycles. The van der Waals surface area contributed by atoms with Gasteiger partial charge in [0.2, 0.25) is 5.91 Å². The monoisotopic (exact) mass is 342 g/mol. The molecule has 0 aliphatic heterocycles. The zero-order valence-electron chi connectivity index (χ0n) is 13.2. The number of amides is 1. The van der Waals surface area contributed by atoms with Gasteiger partial charge in [-0.05, 0) is 29.6 Å². The molecule has 1 aromatic carbocycles. The standard InChI is InChI=1S/C17H18N4O2S/c1-21-10-12(17(20-21)15-6-3-7-24-15)9-18-13-4-2-5-14(8-13)19-16(23)11-22/h2-8,10,18,22H,9,11H2,1H3,(H,19,23). The molecule has 0 saturated carbocycles. The average Bonchev–Trinajstić information content (AvgIpc) is 3.22. The van der Waals surface area contributed by atoms with E-state index in [4.69, 9.17) is 5.11 Å². The van der Waals surface area contributed by atoms with Crippen LogP contribution in [0.1, 0.15) is 5.56 Å². The minimum absolute atomic E-state index is 0.431. The summed E-state index contributed by atoms with van der Waals surface area (Å²) in [6.45, 7) is 0.0932. The second kappa shape index (κ2) is 7.29. The number of carbonyl (C=O) groups excluding carboxylic acids is 1. The van der Waals surface area contributed by atoms with E-state index in [-0.39, 0.29) is 0 Å². The normalized spacial score (nSPS) is 10.6. The molecule has 0 spiro atoms. The first-order valence-electron chi connectivity index (χ1n) is 7.47. The van der Waals surface area contributed by atoms with Crippen LogP contribution >= 0.6 is 11.3 Å². The van der Waals surface area contributed by atoms with Crippen molar-refractivity contribution in [3.8, 4) is 10.6 Å². The molecule has 124 valence electrons. The van der Waals surface area contributed by atoms with Gasteiger partial charge in [-0.1, -0.05) is 12.1 Å². The van der Waals surface area contributed by atoms with Crippen molar-refractivity contribution in [3.63, 3.8) is 0 Å². The molecule has 2 aromatic heterocycles. The van der Waals surface area contributed by atoms with Crippen LogP contribution in [-0.4, -0.2) is 27.4 Å². The summed E-state index contributed by atoms with van der Waals surface area (Å²) in [5.74, 6) is -0.431. The number of nitrogens with one attached hydrogen (secondary N) is 2. The minimum Gasteiger partial charge on any atom is -0.387 e. The van der Waals surface area contributed by atoms with Crippen molar-refractivity contribution in [1.29, 1.82) is 0 Å². The van der Waals surface area contributed by atoms with Crippen LogP contribution in [0.5, 0.6) is 0 Å². The molecule has 3 N–H and O–H groups in total. The smallest absolute Gasteiger partial charge is 0.250 e. The molecule has 6 nitrogen and oxygen atoms in total. The number of aromatic nitrogens is 2. The van der Waals surface area contributed by atoms with E-state index in [2.05, 4.69) is 21.8 Å². The maximum Gasteiger partial charge on any atom is 0.250 e. The second-order valence-corrected chi connectivity index (χ2v) is 6.24. The molecule has 2 heterocycles. The lowest BCUT2D eigenvalue weighted by molar-refractivity contribution is -0.118.